The first-order valence-electron chi connectivity index (χ1n) is 5.71. The molecule has 94 valence electrons. The van der Waals surface area contributed by atoms with Crippen molar-refractivity contribution in [2.75, 3.05) is 13.2 Å². The number of nitrogens with two attached hydrogens (primary N) is 1. The minimum absolute atomic E-state index is 0.112. The zero-order valence-electron chi connectivity index (χ0n) is 9.46. The molecule has 0 spiro atoms. The van der Waals surface area contributed by atoms with Crippen molar-refractivity contribution >= 4 is 34.2 Å². The fraction of sp³-hybridized carbons (Fsp3) is 0.500. The molecule has 5 heteroatoms. The van der Waals surface area contributed by atoms with Crippen LogP contribution in [0.25, 0.3) is 0 Å². The molecule has 0 radical (unpaired) electrons. The third-order valence-electron chi connectivity index (χ3n) is 3.14. The molecular formula is C12H16ClIN2O. The lowest BCUT2D eigenvalue weighted by atomic mass is 9.89. The Kier molecular flexibility index (Phi) is 5.05. The van der Waals surface area contributed by atoms with E-state index in [0.29, 0.717) is 5.92 Å². The van der Waals surface area contributed by atoms with Crippen LogP contribution < -0.4 is 11.3 Å². The number of hydrazine groups is 1. The topological polar surface area (TPSA) is 47.3 Å². The van der Waals surface area contributed by atoms with E-state index in [9.17, 15) is 0 Å². The van der Waals surface area contributed by atoms with E-state index in [1.807, 2.05) is 18.2 Å². The third kappa shape index (κ3) is 3.32. The molecule has 1 saturated heterocycles. The number of nitrogens with one attached hydrogen (secondary N) is 1. The molecule has 0 saturated carbocycles. The molecule has 1 heterocycles. The minimum atomic E-state index is 0.112. The van der Waals surface area contributed by atoms with Crippen molar-refractivity contribution in [1.29, 1.82) is 0 Å². The summed E-state index contributed by atoms with van der Waals surface area (Å²) in [5.74, 6) is 6.12. The second kappa shape index (κ2) is 6.33. The van der Waals surface area contributed by atoms with Gasteiger partial charge in [0.2, 0.25) is 0 Å². The van der Waals surface area contributed by atoms with Crippen LogP contribution in [-0.2, 0) is 4.74 Å². The first-order valence-corrected chi connectivity index (χ1v) is 7.17. The largest absolute Gasteiger partial charge is 0.381 e. The molecule has 0 bridgehead atoms. The van der Waals surface area contributed by atoms with E-state index in [2.05, 4.69) is 28.0 Å². The predicted octanol–water partition coefficient (Wildman–Crippen LogP) is 2.88. The Balaban J connectivity index is 2.24. The molecule has 2 unspecified atom stereocenters. The van der Waals surface area contributed by atoms with Gasteiger partial charge in [-0.15, -0.1) is 0 Å². The molecule has 0 amide bonds. The van der Waals surface area contributed by atoms with E-state index in [0.717, 1.165) is 36.6 Å². The Morgan fingerprint density at radius 3 is 3.00 bits per heavy atom. The highest BCUT2D eigenvalue weighted by Gasteiger charge is 2.26. The van der Waals surface area contributed by atoms with Crippen LogP contribution in [0.5, 0.6) is 0 Å². The first kappa shape index (κ1) is 13.5. The van der Waals surface area contributed by atoms with Gasteiger partial charge in [-0.05, 0) is 59.2 Å². The highest BCUT2D eigenvalue weighted by molar-refractivity contribution is 14.1. The Morgan fingerprint density at radius 2 is 2.35 bits per heavy atom. The average molecular weight is 367 g/mol. The molecule has 2 atom stereocenters. The lowest BCUT2D eigenvalue weighted by Gasteiger charge is -2.30. The summed E-state index contributed by atoms with van der Waals surface area (Å²) < 4.78 is 6.71. The molecule has 3 nitrogen and oxygen atoms in total. The van der Waals surface area contributed by atoms with Crippen LogP contribution in [0, 0.1) is 9.49 Å². The molecule has 0 aliphatic carbocycles. The van der Waals surface area contributed by atoms with Gasteiger partial charge >= 0.3 is 0 Å². The molecule has 1 aromatic carbocycles. The van der Waals surface area contributed by atoms with E-state index < -0.39 is 0 Å². The fourth-order valence-electron chi connectivity index (χ4n) is 2.26. The van der Waals surface area contributed by atoms with Gasteiger partial charge in [0.05, 0.1) is 12.6 Å². The summed E-state index contributed by atoms with van der Waals surface area (Å²) in [6.45, 7) is 1.62. The van der Waals surface area contributed by atoms with E-state index in [4.69, 9.17) is 22.2 Å². The predicted molar refractivity (Wildman–Crippen MR) is 77.8 cm³/mol. The molecule has 0 aromatic heterocycles. The number of benzene rings is 1. The van der Waals surface area contributed by atoms with Crippen LogP contribution in [0.3, 0.4) is 0 Å². The summed E-state index contributed by atoms with van der Waals surface area (Å²) in [6, 6.07) is 6.02. The molecule has 3 N–H and O–H groups in total. The highest BCUT2D eigenvalue weighted by atomic mass is 127. The van der Waals surface area contributed by atoms with Crippen LogP contribution in [0.4, 0.5) is 0 Å². The van der Waals surface area contributed by atoms with Crippen LogP contribution in [0.15, 0.2) is 18.2 Å². The SMILES string of the molecule is NNC(c1cc(Cl)ccc1I)C1CCCOC1. The van der Waals surface area contributed by atoms with Crippen LogP contribution in [-0.4, -0.2) is 13.2 Å². The Hall–Kier alpha value is 0.120. The highest BCUT2D eigenvalue weighted by Crippen LogP contribution is 2.32. The average Bonchev–Trinajstić information content (AvgIpc) is 2.36. The number of hydrogen-bond donors (Lipinski definition) is 2. The molecule has 1 aromatic rings. The molecule has 17 heavy (non-hydrogen) atoms. The van der Waals surface area contributed by atoms with E-state index in [1.54, 1.807) is 0 Å². The quantitative estimate of drug-likeness (QED) is 0.491. The Morgan fingerprint density at radius 1 is 1.53 bits per heavy atom. The Bertz CT molecular complexity index is 383. The Labute approximate surface area is 120 Å². The standard InChI is InChI=1S/C12H16ClIN2O/c13-9-3-4-11(14)10(6-9)12(16-15)8-2-1-5-17-7-8/h3-4,6,8,12,16H,1-2,5,7,15H2. The lowest BCUT2D eigenvalue weighted by molar-refractivity contribution is 0.0389. The molecule has 1 aliphatic heterocycles. The summed E-state index contributed by atoms with van der Waals surface area (Å²) in [5, 5.41) is 0.748. The van der Waals surface area contributed by atoms with Crippen molar-refractivity contribution in [3.05, 3.63) is 32.4 Å². The van der Waals surface area contributed by atoms with E-state index in [-0.39, 0.29) is 6.04 Å². The van der Waals surface area contributed by atoms with Crippen molar-refractivity contribution in [2.45, 2.75) is 18.9 Å². The number of ether oxygens (including phenoxy) is 1. The third-order valence-corrected chi connectivity index (χ3v) is 4.36. The van der Waals surface area contributed by atoms with E-state index >= 15 is 0 Å². The van der Waals surface area contributed by atoms with Gasteiger partial charge < -0.3 is 4.74 Å². The van der Waals surface area contributed by atoms with Gasteiger partial charge in [-0.1, -0.05) is 11.6 Å². The van der Waals surface area contributed by atoms with Crippen molar-refractivity contribution in [3.63, 3.8) is 0 Å². The molecular weight excluding hydrogens is 351 g/mol. The van der Waals surface area contributed by atoms with Gasteiger partial charge in [0.1, 0.15) is 0 Å². The molecule has 1 fully saturated rings. The lowest BCUT2D eigenvalue weighted by Crippen LogP contribution is -2.37. The normalized spacial score (nSPS) is 22.4. The van der Waals surface area contributed by atoms with Crippen LogP contribution >= 0.6 is 34.2 Å². The first-order chi connectivity index (χ1) is 8.22. The molecule has 2 rings (SSSR count). The molecule has 1 aliphatic rings. The zero-order chi connectivity index (χ0) is 12.3. The summed E-state index contributed by atoms with van der Waals surface area (Å²) in [5.41, 5.74) is 4.08. The van der Waals surface area contributed by atoms with Gasteiger partial charge in [0.25, 0.3) is 0 Å². The summed E-state index contributed by atoms with van der Waals surface area (Å²) >= 11 is 8.37. The number of hydrogen-bond acceptors (Lipinski definition) is 3. The van der Waals surface area contributed by atoms with Crippen LogP contribution in [0.2, 0.25) is 5.02 Å². The second-order valence-corrected chi connectivity index (χ2v) is 5.89. The number of halogens is 2. The summed E-state index contributed by atoms with van der Waals surface area (Å²) in [6.07, 6.45) is 2.23. The zero-order valence-corrected chi connectivity index (χ0v) is 12.4. The summed E-state index contributed by atoms with van der Waals surface area (Å²) in [4.78, 5) is 0. The van der Waals surface area contributed by atoms with Gasteiger partial charge in [-0.25, -0.2) is 0 Å². The number of rotatable bonds is 3. The van der Waals surface area contributed by atoms with Crippen molar-refractivity contribution in [3.8, 4) is 0 Å². The van der Waals surface area contributed by atoms with Crippen molar-refractivity contribution in [2.24, 2.45) is 11.8 Å². The smallest absolute Gasteiger partial charge is 0.0521 e. The van der Waals surface area contributed by atoms with Gasteiger partial charge in [0.15, 0.2) is 0 Å². The van der Waals surface area contributed by atoms with Gasteiger partial charge in [0, 0.05) is 21.1 Å². The fourth-order valence-corrected chi connectivity index (χ4v) is 3.11. The van der Waals surface area contributed by atoms with Crippen molar-refractivity contribution in [1.82, 2.24) is 5.43 Å². The maximum atomic E-state index is 6.05. The van der Waals surface area contributed by atoms with Crippen molar-refractivity contribution < 1.29 is 4.74 Å². The second-order valence-electron chi connectivity index (χ2n) is 4.29. The van der Waals surface area contributed by atoms with E-state index in [1.165, 1.54) is 3.57 Å². The maximum absolute atomic E-state index is 6.05. The minimum Gasteiger partial charge on any atom is -0.381 e. The monoisotopic (exact) mass is 366 g/mol. The van der Waals surface area contributed by atoms with Gasteiger partial charge in [-0.2, -0.15) is 0 Å². The van der Waals surface area contributed by atoms with Crippen LogP contribution in [0.1, 0.15) is 24.4 Å². The van der Waals surface area contributed by atoms with Gasteiger partial charge in [-0.3, -0.25) is 11.3 Å². The summed E-state index contributed by atoms with van der Waals surface area (Å²) in [7, 11) is 0. The maximum Gasteiger partial charge on any atom is 0.0521 e.